The van der Waals surface area contributed by atoms with Crippen molar-refractivity contribution in [3.63, 3.8) is 0 Å². The van der Waals surface area contributed by atoms with Gasteiger partial charge in [0, 0.05) is 0 Å². The molecule has 0 spiro atoms. The van der Waals surface area contributed by atoms with Crippen molar-refractivity contribution in [2.75, 3.05) is 6.61 Å². The van der Waals surface area contributed by atoms with Gasteiger partial charge in [-0.1, -0.05) is 19.3 Å². The summed E-state index contributed by atoms with van der Waals surface area (Å²) in [5.41, 5.74) is 0.320. The van der Waals surface area contributed by atoms with E-state index in [9.17, 15) is 0 Å². The summed E-state index contributed by atoms with van der Waals surface area (Å²) in [6.45, 7) is 3.29. The molecule has 1 nitrogen and oxygen atoms in total. The van der Waals surface area contributed by atoms with Gasteiger partial charge in [-0.05, 0) is 25.7 Å². The van der Waals surface area contributed by atoms with Crippen molar-refractivity contribution in [3.05, 3.63) is 0 Å². The molecule has 1 atom stereocenters. The van der Waals surface area contributed by atoms with E-state index >= 15 is 0 Å². The van der Waals surface area contributed by atoms with E-state index in [1.165, 1.54) is 32.1 Å². The van der Waals surface area contributed by atoms with Crippen LogP contribution in [0.3, 0.4) is 0 Å². The minimum atomic E-state index is 0.320. The fraction of sp³-hybridized carbons (Fsp3) is 1.00. The summed E-state index contributed by atoms with van der Waals surface area (Å²) in [5, 5.41) is 0. The molecule has 0 aromatic rings. The van der Waals surface area contributed by atoms with Gasteiger partial charge in [0.15, 0.2) is 0 Å². The Morgan fingerprint density at radius 3 is 2.30 bits per heavy atom. The summed E-state index contributed by atoms with van der Waals surface area (Å²) in [6.07, 6.45) is 7.15. The summed E-state index contributed by atoms with van der Waals surface area (Å²) in [7, 11) is 0. The standard InChI is InChI=1S/C9H16O/c1-9(7-10-9)8-5-3-2-4-6-8/h8H,2-7H2,1H3. The lowest BCUT2D eigenvalue weighted by atomic mass is 9.81. The first-order valence-electron chi connectivity index (χ1n) is 4.45. The normalized spacial score (nSPS) is 41.7. The van der Waals surface area contributed by atoms with Crippen molar-refractivity contribution in [2.45, 2.75) is 44.6 Å². The molecule has 0 aromatic carbocycles. The zero-order valence-corrected chi connectivity index (χ0v) is 6.73. The Balaban J connectivity index is 1.91. The van der Waals surface area contributed by atoms with Crippen LogP contribution in [0, 0.1) is 5.92 Å². The van der Waals surface area contributed by atoms with Crippen LogP contribution in [0.25, 0.3) is 0 Å². The van der Waals surface area contributed by atoms with Gasteiger partial charge in [0.05, 0.1) is 12.2 Å². The summed E-state index contributed by atoms with van der Waals surface area (Å²) in [5.74, 6) is 0.890. The first kappa shape index (κ1) is 6.66. The fourth-order valence-corrected chi connectivity index (χ4v) is 2.06. The summed E-state index contributed by atoms with van der Waals surface area (Å²) in [6, 6.07) is 0. The highest BCUT2D eigenvalue weighted by Crippen LogP contribution is 2.42. The lowest BCUT2D eigenvalue weighted by Gasteiger charge is -2.24. The average molecular weight is 140 g/mol. The molecule has 1 aliphatic heterocycles. The van der Waals surface area contributed by atoms with Crippen LogP contribution >= 0.6 is 0 Å². The summed E-state index contributed by atoms with van der Waals surface area (Å²) in [4.78, 5) is 0. The first-order valence-corrected chi connectivity index (χ1v) is 4.45. The molecule has 1 heterocycles. The molecule has 2 fully saturated rings. The van der Waals surface area contributed by atoms with Gasteiger partial charge in [-0.25, -0.2) is 0 Å². The van der Waals surface area contributed by atoms with Crippen LogP contribution in [-0.2, 0) is 4.74 Å². The Kier molecular flexibility index (Phi) is 1.48. The second-order valence-corrected chi connectivity index (χ2v) is 3.94. The van der Waals surface area contributed by atoms with Crippen LogP contribution < -0.4 is 0 Å². The predicted octanol–water partition coefficient (Wildman–Crippen LogP) is 2.36. The Bertz CT molecular complexity index is 121. The third-order valence-electron chi connectivity index (χ3n) is 3.07. The van der Waals surface area contributed by atoms with Crippen LogP contribution in [0.1, 0.15) is 39.0 Å². The van der Waals surface area contributed by atoms with Gasteiger partial charge in [0.2, 0.25) is 0 Å². The van der Waals surface area contributed by atoms with Crippen molar-refractivity contribution in [1.29, 1.82) is 0 Å². The highest BCUT2D eigenvalue weighted by molar-refractivity contribution is 4.94. The third-order valence-corrected chi connectivity index (χ3v) is 3.07. The van der Waals surface area contributed by atoms with E-state index in [0.717, 1.165) is 12.5 Å². The van der Waals surface area contributed by atoms with Crippen molar-refractivity contribution >= 4 is 0 Å². The SMILES string of the molecule is CC1(C2CCCCC2)CO1. The molecule has 1 aliphatic carbocycles. The van der Waals surface area contributed by atoms with Crippen LogP contribution in [0.5, 0.6) is 0 Å². The molecule has 58 valence electrons. The predicted molar refractivity (Wildman–Crippen MR) is 40.9 cm³/mol. The van der Waals surface area contributed by atoms with E-state index < -0.39 is 0 Å². The van der Waals surface area contributed by atoms with Gasteiger partial charge in [0.25, 0.3) is 0 Å². The van der Waals surface area contributed by atoms with Gasteiger partial charge in [-0.15, -0.1) is 0 Å². The molecule has 1 saturated heterocycles. The maximum absolute atomic E-state index is 5.44. The van der Waals surface area contributed by atoms with E-state index in [1.807, 2.05) is 0 Å². The molecular weight excluding hydrogens is 124 g/mol. The topological polar surface area (TPSA) is 12.5 Å². The van der Waals surface area contributed by atoms with Gasteiger partial charge >= 0.3 is 0 Å². The highest BCUT2D eigenvalue weighted by atomic mass is 16.6. The van der Waals surface area contributed by atoms with Gasteiger partial charge < -0.3 is 4.74 Å². The van der Waals surface area contributed by atoms with Crippen LogP contribution in [0.15, 0.2) is 0 Å². The Hall–Kier alpha value is -0.0400. The lowest BCUT2D eigenvalue weighted by molar-refractivity contribution is 0.189. The molecule has 0 radical (unpaired) electrons. The van der Waals surface area contributed by atoms with E-state index in [4.69, 9.17) is 4.74 Å². The minimum absolute atomic E-state index is 0.320. The molecule has 0 bridgehead atoms. The van der Waals surface area contributed by atoms with Crippen molar-refractivity contribution in [2.24, 2.45) is 5.92 Å². The Morgan fingerprint density at radius 1 is 1.20 bits per heavy atom. The zero-order chi connectivity index (χ0) is 7.03. The van der Waals surface area contributed by atoms with E-state index in [-0.39, 0.29) is 0 Å². The Labute approximate surface area is 62.8 Å². The zero-order valence-electron chi connectivity index (χ0n) is 6.73. The maximum Gasteiger partial charge on any atom is 0.0916 e. The van der Waals surface area contributed by atoms with Crippen LogP contribution in [0.4, 0.5) is 0 Å². The first-order chi connectivity index (χ1) is 4.81. The van der Waals surface area contributed by atoms with Crippen LogP contribution in [-0.4, -0.2) is 12.2 Å². The second-order valence-electron chi connectivity index (χ2n) is 3.94. The van der Waals surface area contributed by atoms with E-state index in [1.54, 1.807) is 0 Å². The van der Waals surface area contributed by atoms with Crippen molar-refractivity contribution in [1.82, 2.24) is 0 Å². The summed E-state index contributed by atoms with van der Waals surface area (Å²) < 4.78 is 5.44. The maximum atomic E-state index is 5.44. The molecule has 1 unspecified atom stereocenters. The largest absolute Gasteiger partial charge is 0.370 e. The minimum Gasteiger partial charge on any atom is -0.370 e. The van der Waals surface area contributed by atoms with Crippen molar-refractivity contribution < 1.29 is 4.74 Å². The molecule has 0 aromatic heterocycles. The smallest absolute Gasteiger partial charge is 0.0916 e. The molecule has 0 N–H and O–H groups in total. The van der Waals surface area contributed by atoms with E-state index in [2.05, 4.69) is 6.92 Å². The number of hydrogen-bond acceptors (Lipinski definition) is 1. The number of ether oxygens (including phenoxy) is 1. The quantitative estimate of drug-likeness (QED) is 0.509. The molecular formula is C9H16O. The molecule has 2 rings (SSSR count). The van der Waals surface area contributed by atoms with Gasteiger partial charge in [-0.3, -0.25) is 0 Å². The fourth-order valence-electron chi connectivity index (χ4n) is 2.06. The van der Waals surface area contributed by atoms with Crippen molar-refractivity contribution in [3.8, 4) is 0 Å². The number of rotatable bonds is 1. The lowest BCUT2D eigenvalue weighted by Crippen LogP contribution is -2.22. The third kappa shape index (κ3) is 1.07. The molecule has 0 amide bonds. The van der Waals surface area contributed by atoms with E-state index in [0.29, 0.717) is 5.60 Å². The number of epoxide rings is 1. The average Bonchev–Trinajstić information content (AvgIpc) is 2.72. The number of hydrogen-bond donors (Lipinski definition) is 0. The Morgan fingerprint density at radius 2 is 1.80 bits per heavy atom. The molecule has 10 heavy (non-hydrogen) atoms. The van der Waals surface area contributed by atoms with Crippen LogP contribution in [0.2, 0.25) is 0 Å². The van der Waals surface area contributed by atoms with Gasteiger partial charge in [-0.2, -0.15) is 0 Å². The van der Waals surface area contributed by atoms with Gasteiger partial charge in [0.1, 0.15) is 0 Å². The monoisotopic (exact) mass is 140 g/mol. The summed E-state index contributed by atoms with van der Waals surface area (Å²) >= 11 is 0. The molecule has 1 saturated carbocycles. The molecule has 2 aliphatic rings. The highest BCUT2D eigenvalue weighted by Gasteiger charge is 2.46. The molecule has 1 heteroatoms. The second kappa shape index (κ2) is 2.23.